The Hall–Kier alpha value is -8.09. The lowest BCUT2D eigenvalue weighted by Crippen LogP contribution is -2.25. The molecule has 0 N–H and O–H groups in total. The molecule has 0 saturated heterocycles. The molecule has 0 aliphatic carbocycles. The summed E-state index contributed by atoms with van der Waals surface area (Å²) in [4.78, 5) is 9.80. The number of nitrogens with zero attached hydrogens (tertiary/aromatic N) is 5. The number of aromatic nitrogens is 3. The van der Waals surface area contributed by atoms with Crippen LogP contribution in [0, 0.1) is 6.85 Å². The van der Waals surface area contributed by atoms with E-state index in [1.54, 1.807) is 12.3 Å². The third kappa shape index (κ3) is 7.30. The van der Waals surface area contributed by atoms with Crippen LogP contribution in [0.4, 0.5) is 22.7 Å². The summed E-state index contributed by atoms with van der Waals surface area (Å²) in [6.07, 6.45) is 1.71. The fourth-order valence-corrected chi connectivity index (χ4v) is 10.2. The molecule has 0 saturated carbocycles. The maximum Gasteiger partial charge on any atom is 0.137 e. The van der Waals surface area contributed by atoms with Crippen LogP contribution in [0.5, 0.6) is 11.5 Å². The summed E-state index contributed by atoms with van der Waals surface area (Å²) in [7, 11) is 0. The summed E-state index contributed by atoms with van der Waals surface area (Å²) in [6, 6.07) is 64.9. The van der Waals surface area contributed by atoms with Crippen molar-refractivity contribution in [3.8, 4) is 34.1 Å². The molecule has 0 atom stereocenters. The topological polar surface area (TPSA) is 38.5 Å². The van der Waals surface area contributed by atoms with Crippen LogP contribution in [0.1, 0.15) is 62.3 Å². The lowest BCUT2D eigenvalue weighted by molar-refractivity contribution is 0.483. The fraction of sp³-hybridized carbons (Fsp3) is 0.159. The lowest BCUT2D eigenvalue weighted by atomic mass is 9.80. The van der Waals surface area contributed by atoms with Crippen molar-refractivity contribution in [3.05, 3.63) is 211 Å². The molecule has 0 amide bonds. The minimum atomic E-state index is -2.42. The highest BCUT2D eigenvalue weighted by molar-refractivity contribution is 6.10. The Bertz CT molecular complexity index is 3820. The maximum absolute atomic E-state index is 8.81. The van der Waals surface area contributed by atoms with Crippen molar-refractivity contribution >= 4 is 66.4 Å². The fourth-order valence-electron chi connectivity index (χ4n) is 10.2. The van der Waals surface area contributed by atoms with E-state index in [2.05, 4.69) is 189 Å². The average molecular weight is 901 g/mol. The molecule has 1 aliphatic rings. The van der Waals surface area contributed by atoms with Gasteiger partial charge in [-0.15, -0.1) is 0 Å². The summed E-state index contributed by atoms with van der Waals surface area (Å²) in [5.41, 5.74) is 13.7. The van der Waals surface area contributed by atoms with E-state index in [0.717, 1.165) is 61.2 Å². The Morgan fingerprint density at radius 1 is 0.464 bits per heavy atom. The first-order valence-corrected chi connectivity index (χ1v) is 23.8. The van der Waals surface area contributed by atoms with Gasteiger partial charge in [0, 0.05) is 66.6 Å². The SMILES string of the molecule is [2H]C([2H])([2H])c1cc(-n2c3ccccc3c3ccc(Oc4cccc(N5CN(c6cc(C(C)(C)C)cc(C(C)(C)C)c6)c6ccccc65)c4)cc32)ncc1-c1ccc(-n2c3ccccc3c3ccccc32)cc1. The summed E-state index contributed by atoms with van der Waals surface area (Å²) in [6.45, 7) is 11.9. The van der Waals surface area contributed by atoms with Gasteiger partial charge in [-0.3, -0.25) is 4.57 Å². The molecule has 0 bridgehead atoms. The van der Waals surface area contributed by atoms with Gasteiger partial charge in [0.15, 0.2) is 0 Å². The molecule has 0 radical (unpaired) electrons. The number of ether oxygens (including phenoxy) is 1. The summed E-state index contributed by atoms with van der Waals surface area (Å²) < 4.78 is 37.5. The van der Waals surface area contributed by atoms with E-state index in [4.69, 9.17) is 13.8 Å². The standard InChI is InChI=1S/C63H55N5O/c1-41-33-61(64-39-54(41)42-27-29-45(30-28-42)67-55-22-11-8-19-50(55)51-20-9-12-23-56(51)67)68-57-24-13-10-21-52(57)53-32-31-49(38-60(53)68)69-48-18-16-17-46(37-48)65-40-66(59-26-15-14-25-58(59)65)47-35-43(62(2,3)4)34-44(36-47)63(5,6)7/h8-39H,40H2,1-7H3/i1D3. The minimum absolute atomic E-state index is 0.00932. The van der Waals surface area contributed by atoms with Gasteiger partial charge >= 0.3 is 0 Å². The van der Waals surface area contributed by atoms with Crippen molar-refractivity contribution in [3.63, 3.8) is 0 Å². The highest BCUT2D eigenvalue weighted by atomic mass is 16.5. The molecule has 6 nitrogen and oxygen atoms in total. The summed E-state index contributed by atoms with van der Waals surface area (Å²) >= 11 is 0. The largest absolute Gasteiger partial charge is 0.457 e. The molecule has 4 heterocycles. The van der Waals surface area contributed by atoms with Gasteiger partial charge in [0.05, 0.1) is 33.4 Å². The first-order valence-electron chi connectivity index (χ1n) is 25.3. The van der Waals surface area contributed by atoms with Crippen molar-refractivity contribution in [2.75, 3.05) is 16.5 Å². The molecule has 0 unspecified atom stereocenters. The average Bonchev–Trinajstić information content (AvgIpc) is 4.04. The molecule has 0 fully saturated rings. The van der Waals surface area contributed by atoms with Crippen molar-refractivity contribution in [2.45, 2.75) is 59.2 Å². The van der Waals surface area contributed by atoms with Crippen LogP contribution in [0.15, 0.2) is 194 Å². The van der Waals surface area contributed by atoms with E-state index >= 15 is 0 Å². The molecule has 0 spiro atoms. The molecule has 1 aliphatic heterocycles. The smallest absolute Gasteiger partial charge is 0.137 e. The molecule has 12 rings (SSSR count). The van der Waals surface area contributed by atoms with Crippen LogP contribution in [-0.4, -0.2) is 20.8 Å². The van der Waals surface area contributed by atoms with E-state index < -0.39 is 6.85 Å². The third-order valence-electron chi connectivity index (χ3n) is 13.9. The quantitative estimate of drug-likeness (QED) is 0.160. The monoisotopic (exact) mass is 900 g/mol. The van der Waals surface area contributed by atoms with Gasteiger partial charge in [-0.05, 0) is 125 Å². The molecule has 11 aromatic rings. The zero-order valence-corrected chi connectivity index (χ0v) is 39.8. The van der Waals surface area contributed by atoms with Gasteiger partial charge in [-0.25, -0.2) is 4.98 Å². The van der Waals surface area contributed by atoms with E-state index in [-0.39, 0.29) is 16.4 Å². The van der Waals surface area contributed by atoms with Gasteiger partial charge in [-0.2, -0.15) is 0 Å². The van der Waals surface area contributed by atoms with E-state index in [0.29, 0.717) is 29.5 Å². The van der Waals surface area contributed by atoms with Gasteiger partial charge in [-0.1, -0.05) is 133 Å². The van der Waals surface area contributed by atoms with Crippen molar-refractivity contribution in [1.82, 2.24) is 14.1 Å². The summed E-state index contributed by atoms with van der Waals surface area (Å²) in [5, 5.41) is 4.41. The first kappa shape index (κ1) is 39.0. The van der Waals surface area contributed by atoms with Gasteiger partial charge < -0.3 is 19.1 Å². The second-order valence-electron chi connectivity index (χ2n) is 20.4. The number of hydrogen-bond acceptors (Lipinski definition) is 4. The van der Waals surface area contributed by atoms with Crippen LogP contribution >= 0.6 is 0 Å². The van der Waals surface area contributed by atoms with Crippen LogP contribution in [0.25, 0.3) is 66.2 Å². The van der Waals surface area contributed by atoms with E-state index in [9.17, 15) is 0 Å². The number of fused-ring (bicyclic) bond motifs is 7. The number of rotatable bonds is 7. The second-order valence-corrected chi connectivity index (χ2v) is 20.4. The minimum Gasteiger partial charge on any atom is -0.457 e. The van der Waals surface area contributed by atoms with Crippen LogP contribution < -0.4 is 14.5 Å². The molecular weight excluding hydrogens is 843 g/mol. The van der Waals surface area contributed by atoms with Gasteiger partial charge in [0.25, 0.3) is 0 Å². The Morgan fingerprint density at radius 2 is 1.01 bits per heavy atom. The molecular formula is C63H55N5O. The molecule has 8 aromatic carbocycles. The zero-order valence-electron chi connectivity index (χ0n) is 42.8. The highest BCUT2D eigenvalue weighted by Gasteiger charge is 2.30. The lowest BCUT2D eigenvalue weighted by Gasteiger charge is -2.29. The molecule has 338 valence electrons. The Morgan fingerprint density at radius 3 is 1.62 bits per heavy atom. The second kappa shape index (κ2) is 16.0. The number of pyridine rings is 1. The third-order valence-corrected chi connectivity index (χ3v) is 13.9. The Labute approximate surface area is 408 Å². The number of aryl methyl sites for hydroxylation is 1. The van der Waals surface area contributed by atoms with E-state index in [1.165, 1.54) is 27.6 Å². The number of anilines is 4. The summed E-state index contributed by atoms with van der Waals surface area (Å²) in [5.74, 6) is 1.86. The van der Waals surface area contributed by atoms with Crippen molar-refractivity contribution in [1.29, 1.82) is 0 Å². The molecule has 6 heteroatoms. The number of hydrogen-bond donors (Lipinski definition) is 0. The highest BCUT2D eigenvalue weighted by Crippen LogP contribution is 2.47. The normalized spacial score (nSPS) is 13.9. The number of benzene rings is 8. The van der Waals surface area contributed by atoms with Crippen LogP contribution in [0.3, 0.4) is 0 Å². The van der Waals surface area contributed by atoms with Crippen LogP contribution in [0.2, 0.25) is 0 Å². The van der Waals surface area contributed by atoms with Crippen molar-refractivity contribution in [2.24, 2.45) is 0 Å². The zero-order chi connectivity index (χ0) is 49.7. The molecule has 69 heavy (non-hydrogen) atoms. The Kier molecular flexibility index (Phi) is 9.05. The number of para-hydroxylation sites is 5. The van der Waals surface area contributed by atoms with Gasteiger partial charge in [0.1, 0.15) is 24.0 Å². The first-order chi connectivity index (χ1) is 34.6. The van der Waals surface area contributed by atoms with E-state index in [1.807, 2.05) is 53.1 Å². The maximum atomic E-state index is 8.81. The predicted molar refractivity (Wildman–Crippen MR) is 289 cm³/mol. The molecule has 3 aromatic heterocycles. The predicted octanol–water partition coefficient (Wildman–Crippen LogP) is 16.9. The van der Waals surface area contributed by atoms with Gasteiger partial charge in [0.2, 0.25) is 0 Å². The van der Waals surface area contributed by atoms with Crippen LogP contribution in [-0.2, 0) is 10.8 Å². The van der Waals surface area contributed by atoms with Crippen molar-refractivity contribution < 1.29 is 8.85 Å². The Balaban J connectivity index is 0.884.